The third-order valence-electron chi connectivity index (χ3n) is 4.50. The van der Waals surface area contributed by atoms with E-state index in [4.69, 9.17) is 17.3 Å². The number of aromatic nitrogens is 1. The van der Waals surface area contributed by atoms with Crippen LogP contribution in [0, 0.1) is 0 Å². The van der Waals surface area contributed by atoms with Gasteiger partial charge in [-0.25, -0.2) is 0 Å². The first-order valence-electron chi connectivity index (χ1n) is 7.75. The van der Waals surface area contributed by atoms with Crippen LogP contribution in [0.15, 0.2) is 30.5 Å². The highest BCUT2D eigenvalue weighted by Crippen LogP contribution is 2.35. The smallest absolute Gasteiger partial charge is 0.0765 e. The number of halogens is 1. The second-order valence-corrected chi connectivity index (χ2v) is 6.18. The first-order valence-corrected chi connectivity index (χ1v) is 8.13. The molecule has 1 aromatic carbocycles. The van der Waals surface area contributed by atoms with Crippen molar-refractivity contribution in [1.82, 2.24) is 9.88 Å². The standard InChI is InChI=1S/C17H22ClN3/c1-2-21-11-4-3-7-15(19)17(21)13-8-9-14(18)12-6-5-10-20-16(12)13/h5-6,8-10,15,17H,2-4,7,11,19H2,1H3. The lowest BCUT2D eigenvalue weighted by atomic mass is 9.94. The highest BCUT2D eigenvalue weighted by Gasteiger charge is 2.29. The van der Waals surface area contributed by atoms with Crippen LogP contribution in [0.2, 0.25) is 5.02 Å². The Balaban J connectivity index is 2.15. The summed E-state index contributed by atoms with van der Waals surface area (Å²) in [5.41, 5.74) is 8.71. The van der Waals surface area contributed by atoms with Crippen LogP contribution in [-0.4, -0.2) is 29.0 Å². The van der Waals surface area contributed by atoms with Gasteiger partial charge in [0, 0.05) is 22.6 Å². The van der Waals surface area contributed by atoms with E-state index in [1.165, 1.54) is 18.4 Å². The van der Waals surface area contributed by atoms with Gasteiger partial charge in [-0.3, -0.25) is 9.88 Å². The number of rotatable bonds is 2. The second kappa shape index (κ2) is 6.30. The molecule has 0 radical (unpaired) electrons. The van der Waals surface area contributed by atoms with Crippen LogP contribution in [0.4, 0.5) is 0 Å². The van der Waals surface area contributed by atoms with Crippen molar-refractivity contribution in [2.24, 2.45) is 5.73 Å². The lowest BCUT2D eigenvalue weighted by molar-refractivity contribution is 0.196. The average Bonchev–Trinajstić information content (AvgIpc) is 2.70. The van der Waals surface area contributed by atoms with Crippen molar-refractivity contribution in [2.75, 3.05) is 13.1 Å². The fraction of sp³-hybridized carbons (Fsp3) is 0.471. The van der Waals surface area contributed by atoms with Crippen LogP contribution in [-0.2, 0) is 0 Å². The molecule has 0 amide bonds. The van der Waals surface area contributed by atoms with Crippen LogP contribution in [0.1, 0.15) is 37.8 Å². The van der Waals surface area contributed by atoms with Gasteiger partial charge in [-0.05, 0) is 49.7 Å². The Morgan fingerprint density at radius 2 is 2.19 bits per heavy atom. The van der Waals surface area contributed by atoms with Gasteiger partial charge in [0.1, 0.15) is 0 Å². The highest BCUT2D eigenvalue weighted by molar-refractivity contribution is 6.35. The van der Waals surface area contributed by atoms with Gasteiger partial charge >= 0.3 is 0 Å². The summed E-state index contributed by atoms with van der Waals surface area (Å²) in [6, 6.07) is 8.43. The van der Waals surface area contributed by atoms with E-state index in [1.807, 2.05) is 24.4 Å². The van der Waals surface area contributed by atoms with E-state index in [0.717, 1.165) is 35.4 Å². The van der Waals surface area contributed by atoms with Gasteiger partial charge in [0.25, 0.3) is 0 Å². The number of likely N-dealkylation sites (tertiary alicyclic amines) is 1. The van der Waals surface area contributed by atoms with Crippen molar-refractivity contribution in [3.8, 4) is 0 Å². The van der Waals surface area contributed by atoms with E-state index in [1.54, 1.807) is 0 Å². The molecular formula is C17H22ClN3. The SMILES string of the molecule is CCN1CCCCC(N)C1c1ccc(Cl)c2cccnc12. The Bertz CT molecular complexity index is 628. The monoisotopic (exact) mass is 303 g/mol. The fourth-order valence-electron chi connectivity index (χ4n) is 3.44. The Morgan fingerprint density at radius 1 is 1.33 bits per heavy atom. The van der Waals surface area contributed by atoms with E-state index in [2.05, 4.69) is 22.9 Å². The molecule has 2 N–H and O–H groups in total. The minimum atomic E-state index is 0.152. The average molecular weight is 304 g/mol. The van der Waals surface area contributed by atoms with Crippen molar-refractivity contribution >= 4 is 22.5 Å². The number of nitrogens with two attached hydrogens (primary N) is 1. The third-order valence-corrected chi connectivity index (χ3v) is 4.83. The molecule has 1 aliphatic rings. The zero-order valence-corrected chi connectivity index (χ0v) is 13.2. The van der Waals surface area contributed by atoms with Gasteiger partial charge in [0.05, 0.1) is 11.6 Å². The largest absolute Gasteiger partial charge is 0.326 e. The van der Waals surface area contributed by atoms with Crippen LogP contribution in [0.5, 0.6) is 0 Å². The molecule has 4 heteroatoms. The number of fused-ring (bicyclic) bond motifs is 1. The van der Waals surface area contributed by atoms with Gasteiger partial charge in [0.2, 0.25) is 0 Å². The minimum Gasteiger partial charge on any atom is -0.326 e. The lowest BCUT2D eigenvalue weighted by Crippen LogP contribution is -2.39. The first kappa shape index (κ1) is 14.8. The molecule has 1 fully saturated rings. The summed E-state index contributed by atoms with van der Waals surface area (Å²) in [6.45, 7) is 4.32. The Labute approximate surface area is 131 Å². The molecule has 2 heterocycles. The van der Waals surface area contributed by atoms with Gasteiger partial charge in [0.15, 0.2) is 0 Å². The van der Waals surface area contributed by atoms with Crippen molar-refractivity contribution in [2.45, 2.75) is 38.3 Å². The van der Waals surface area contributed by atoms with Crippen LogP contribution < -0.4 is 5.73 Å². The van der Waals surface area contributed by atoms with Gasteiger partial charge in [-0.1, -0.05) is 31.0 Å². The summed E-state index contributed by atoms with van der Waals surface area (Å²) >= 11 is 6.32. The summed E-state index contributed by atoms with van der Waals surface area (Å²) in [5.74, 6) is 0. The maximum atomic E-state index is 6.50. The zero-order chi connectivity index (χ0) is 14.8. The minimum absolute atomic E-state index is 0.152. The van der Waals surface area contributed by atoms with E-state index in [9.17, 15) is 0 Å². The predicted octanol–water partition coefficient (Wildman–Crippen LogP) is 3.76. The maximum Gasteiger partial charge on any atom is 0.0765 e. The summed E-state index contributed by atoms with van der Waals surface area (Å²) in [6.07, 6.45) is 5.32. The van der Waals surface area contributed by atoms with Crippen molar-refractivity contribution in [3.05, 3.63) is 41.0 Å². The van der Waals surface area contributed by atoms with E-state index in [0.29, 0.717) is 0 Å². The molecule has 1 aliphatic heterocycles. The molecular weight excluding hydrogens is 282 g/mol. The van der Waals surface area contributed by atoms with E-state index >= 15 is 0 Å². The molecule has 3 nitrogen and oxygen atoms in total. The Morgan fingerprint density at radius 3 is 3.00 bits per heavy atom. The molecule has 2 aromatic rings. The Kier molecular flexibility index (Phi) is 4.43. The summed E-state index contributed by atoms with van der Waals surface area (Å²) in [4.78, 5) is 7.07. The molecule has 0 saturated carbocycles. The maximum absolute atomic E-state index is 6.50. The lowest BCUT2D eigenvalue weighted by Gasteiger charge is -2.33. The topological polar surface area (TPSA) is 42.1 Å². The number of nitrogens with zero attached hydrogens (tertiary/aromatic N) is 2. The summed E-state index contributed by atoms with van der Waals surface area (Å²) in [7, 11) is 0. The second-order valence-electron chi connectivity index (χ2n) is 5.77. The van der Waals surface area contributed by atoms with Gasteiger partial charge in [-0.15, -0.1) is 0 Å². The molecule has 1 aromatic heterocycles. The number of likely N-dealkylation sites (N-methyl/N-ethyl adjacent to an activating group) is 1. The van der Waals surface area contributed by atoms with Crippen molar-refractivity contribution in [3.63, 3.8) is 0 Å². The summed E-state index contributed by atoms with van der Waals surface area (Å²) < 4.78 is 0. The first-order chi connectivity index (χ1) is 10.2. The summed E-state index contributed by atoms with van der Waals surface area (Å²) in [5, 5.41) is 1.77. The molecule has 2 unspecified atom stereocenters. The quantitative estimate of drug-likeness (QED) is 0.918. The van der Waals surface area contributed by atoms with Crippen molar-refractivity contribution in [1.29, 1.82) is 0 Å². The number of benzene rings is 1. The molecule has 0 spiro atoms. The normalized spacial score (nSPS) is 24.1. The molecule has 0 bridgehead atoms. The highest BCUT2D eigenvalue weighted by atomic mass is 35.5. The molecule has 1 saturated heterocycles. The number of hydrogen-bond acceptors (Lipinski definition) is 3. The van der Waals surface area contributed by atoms with Gasteiger partial charge in [-0.2, -0.15) is 0 Å². The molecule has 0 aliphatic carbocycles. The van der Waals surface area contributed by atoms with Crippen LogP contribution >= 0.6 is 11.6 Å². The molecule has 2 atom stereocenters. The number of pyridine rings is 1. The molecule has 3 rings (SSSR count). The van der Waals surface area contributed by atoms with Crippen LogP contribution in [0.25, 0.3) is 10.9 Å². The van der Waals surface area contributed by atoms with E-state index < -0.39 is 0 Å². The Hall–Kier alpha value is -1.16. The third kappa shape index (κ3) is 2.78. The van der Waals surface area contributed by atoms with Crippen LogP contribution in [0.3, 0.4) is 0 Å². The zero-order valence-electron chi connectivity index (χ0n) is 12.4. The van der Waals surface area contributed by atoms with E-state index in [-0.39, 0.29) is 12.1 Å². The van der Waals surface area contributed by atoms with Gasteiger partial charge < -0.3 is 5.73 Å². The number of hydrogen-bond donors (Lipinski definition) is 1. The molecule has 21 heavy (non-hydrogen) atoms. The van der Waals surface area contributed by atoms with Crippen molar-refractivity contribution < 1.29 is 0 Å². The molecule has 112 valence electrons. The predicted molar refractivity (Wildman–Crippen MR) is 88.6 cm³/mol. The fourth-order valence-corrected chi connectivity index (χ4v) is 3.66.